The molecular weight excluding hydrogens is 428 g/mol. The zero-order chi connectivity index (χ0) is 21.7. The fourth-order valence-corrected chi connectivity index (χ4v) is 4.51. The average Bonchev–Trinajstić information content (AvgIpc) is 3.20. The minimum absolute atomic E-state index is 0.0311. The van der Waals surface area contributed by atoms with E-state index in [1.807, 2.05) is 6.92 Å². The van der Waals surface area contributed by atoms with Crippen molar-refractivity contribution in [2.45, 2.75) is 18.2 Å². The third kappa shape index (κ3) is 4.69. The van der Waals surface area contributed by atoms with Crippen molar-refractivity contribution in [1.29, 1.82) is 0 Å². The van der Waals surface area contributed by atoms with Crippen molar-refractivity contribution in [2.75, 3.05) is 24.3 Å². The molecule has 1 amide bonds. The number of carbonyl (C=O) groups excluding carboxylic acids is 1. The fraction of sp³-hybridized carbons (Fsp3) is 0.211. The van der Waals surface area contributed by atoms with Gasteiger partial charge in [0.15, 0.2) is 0 Å². The van der Waals surface area contributed by atoms with Crippen molar-refractivity contribution >= 4 is 38.1 Å². The molecule has 0 aliphatic rings. The van der Waals surface area contributed by atoms with E-state index in [1.165, 1.54) is 49.8 Å². The lowest BCUT2D eigenvalue weighted by atomic mass is 10.1. The summed E-state index contributed by atoms with van der Waals surface area (Å²) in [6.07, 6.45) is 0.671. The van der Waals surface area contributed by atoms with Gasteiger partial charge in [-0.3, -0.25) is 9.52 Å². The normalized spacial score (nSPS) is 11.0. The lowest BCUT2D eigenvalue weighted by molar-refractivity contribution is 0.102. The van der Waals surface area contributed by atoms with Crippen LogP contribution >= 0.6 is 11.3 Å². The number of hydrogen-bond donors (Lipinski definition) is 2. The Morgan fingerprint density at radius 1 is 1.03 bits per heavy atom. The predicted octanol–water partition coefficient (Wildman–Crippen LogP) is 3.17. The number of amides is 1. The smallest absolute Gasteiger partial charge is 0.263 e. The Morgan fingerprint density at radius 3 is 2.20 bits per heavy atom. The second kappa shape index (κ2) is 9.09. The molecule has 9 nitrogen and oxygen atoms in total. The molecule has 0 aliphatic carbocycles. The summed E-state index contributed by atoms with van der Waals surface area (Å²) in [6.45, 7) is 1.91. The lowest BCUT2D eigenvalue weighted by Gasteiger charge is -2.13. The first-order valence-electron chi connectivity index (χ1n) is 8.85. The molecule has 0 unspecified atom stereocenters. The molecule has 0 saturated heterocycles. The van der Waals surface area contributed by atoms with Gasteiger partial charge in [-0.15, -0.1) is 10.2 Å². The van der Waals surface area contributed by atoms with Crippen molar-refractivity contribution < 1.29 is 22.7 Å². The standard InChI is InChI=1S/C19H20N4O5S2/c1-4-16-21-22-19(29-16)23-30(25,26)13-10-8-12(9-11-13)20-18(24)17-14(27-2)6-5-7-15(17)28-3/h5-11H,4H2,1-3H3,(H,20,24)(H,22,23). The predicted molar refractivity (Wildman–Crippen MR) is 114 cm³/mol. The molecule has 2 aromatic carbocycles. The van der Waals surface area contributed by atoms with E-state index in [4.69, 9.17) is 9.47 Å². The number of methoxy groups -OCH3 is 2. The third-order valence-corrected chi connectivity index (χ3v) is 6.54. The van der Waals surface area contributed by atoms with Gasteiger partial charge >= 0.3 is 0 Å². The molecule has 0 atom stereocenters. The zero-order valence-electron chi connectivity index (χ0n) is 16.5. The lowest BCUT2D eigenvalue weighted by Crippen LogP contribution is -2.15. The molecular formula is C19H20N4O5S2. The van der Waals surface area contributed by atoms with E-state index in [2.05, 4.69) is 20.2 Å². The van der Waals surface area contributed by atoms with Gasteiger partial charge in [-0.1, -0.05) is 24.3 Å². The SMILES string of the molecule is CCc1nnc(NS(=O)(=O)c2ccc(NC(=O)c3c(OC)cccc3OC)cc2)s1. The first-order chi connectivity index (χ1) is 14.4. The molecule has 0 radical (unpaired) electrons. The van der Waals surface area contributed by atoms with E-state index < -0.39 is 15.9 Å². The van der Waals surface area contributed by atoms with Crippen LogP contribution in [0.3, 0.4) is 0 Å². The maximum atomic E-state index is 12.7. The van der Waals surface area contributed by atoms with Crippen LogP contribution in [0.1, 0.15) is 22.3 Å². The largest absolute Gasteiger partial charge is 0.496 e. The van der Waals surface area contributed by atoms with E-state index in [0.29, 0.717) is 23.6 Å². The van der Waals surface area contributed by atoms with Gasteiger partial charge in [0.2, 0.25) is 5.13 Å². The number of aryl methyl sites for hydroxylation is 1. The van der Waals surface area contributed by atoms with Crippen molar-refractivity contribution in [2.24, 2.45) is 0 Å². The van der Waals surface area contributed by atoms with Crippen LogP contribution in [0.25, 0.3) is 0 Å². The van der Waals surface area contributed by atoms with Gasteiger partial charge in [-0.2, -0.15) is 0 Å². The summed E-state index contributed by atoms with van der Waals surface area (Å²) in [5.41, 5.74) is 0.653. The number of sulfonamides is 1. The highest BCUT2D eigenvalue weighted by molar-refractivity contribution is 7.93. The second-order valence-corrected chi connectivity index (χ2v) is 8.72. The molecule has 1 aromatic heterocycles. The summed E-state index contributed by atoms with van der Waals surface area (Å²) in [5.74, 6) is 0.275. The third-order valence-electron chi connectivity index (χ3n) is 4.07. The molecule has 158 valence electrons. The van der Waals surface area contributed by atoms with E-state index in [-0.39, 0.29) is 15.6 Å². The summed E-state index contributed by atoms with van der Waals surface area (Å²) in [7, 11) is -0.906. The highest BCUT2D eigenvalue weighted by Crippen LogP contribution is 2.29. The molecule has 0 bridgehead atoms. The molecule has 2 N–H and O–H groups in total. The maximum absolute atomic E-state index is 12.7. The minimum atomic E-state index is -3.82. The minimum Gasteiger partial charge on any atom is -0.496 e. The van der Waals surface area contributed by atoms with Gasteiger partial charge in [-0.25, -0.2) is 8.42 Å². The monoisotopic (exact) mass is 448 g/mol. The van der Waals surface area contributed by atoms with Gasteiger partial charge in [0.25, 0.3) is 15.9 Å². The molecule has 3 aromatic rings. The number of ether oxygens (including phenoxy) is 2. The molecule has 3 rings (SSSR count). The van der Waals surface area contributed by atoms with Crippen LogP contribution in [0.4, 0.5) is 10.8 Å². The number of aromatic nitrogens is 2. The van der Waals surface area contributed by atoms with E-state index in [1.54, 1.807) is 18.2 Å². The summed E-state index contributed by atoms with van der Waals surface area (Å²) < 4.78 is 37.9. The quantitative estimate of drug-likeness (QED) is 0.543. The summed E-state index contributed by atoms with van der Waals surface area (Å²) in [5, 5.41) is 11.4. The highest BCUT2D eigenvalue weighted by Gasteiger charge is 2.20. The van der Waals surface area contributed by atoms with Crippen molar-refractivity contribution in [3.05, 3.63) is 53.0 Å². The van der Waals surface area contributed by atoms with Gasteiger partial charge < -0.3 is 14.8 Å². The van der Waals surface area contributed by atoms with Crippen LogP contribution < -0.4 is 19.5 Å². The number of hydrogen-bond acceptors (Lipinski definition) is 8. The van der Waals surface area contributed by atoms with Crippen molar-refractivity contribution in [1.82, 2.24) is 10.2 Å². The van der Waals surface area contributed by atoms with E-state index in [0.717, 1.165) is 5.01 Å². The second-order valence-electron chi connectivity index (χ2n) is 5.98. The Labute approximate surface area is 178 Å². The zero-order valence-corrected chi connectivity index (χ0v) is 18.1. The Bertz CT molecular complexity index is 1120. The van der Waals surface area contributed by atoms with Crippen molar-refractivity contribution in [3.63, 3.8) is 0 Å². The first-order valence-corrected chi connectivity index (χ1v) is 11.2. The number of nitrogens with one attached hydrogen (secondary N) is 2. The van der Waals surface area contributed by atoms with Crippen LogP contribution in [-0.2, 0) is 16.4 Å². The number of nitrogens with zero attached hydrogens (tertiary/aromatic N) is 2. The number of benzene rings is 2. The Kier molecular flexibility index (Phi) is 6.53. The van der Waals surface area contributed by atoms with Gasteiger partial charge in [-0.05, 0) is 42.8 Å². The summed E-state index contributed by atoms with van der Waals surface area (Å²) in [6, 6.07) is 10.8. The number of anilines is 2. The van der Waals surface area contributed by atoms with Crippen molar-refractivity contribution in [3.8, 4) is 11.5 Å². The van der Waals surface area contributed by atoms with Gasteiger partial charge in [0.1, 0.15) is 22.1 Å². The van der Waals surface area contributed by atoms with Crippen LogP contribution in [0.5, 0.6) is 11.5 Å². The topological polar surface area (TPSA) is 120 Å². The molecule has 30 heavy (non-hydrogen) atoms. The Hall–Kier alpha value is -3.18. The van der Waals surface area contributed by atoms with Crippen LogP contribution in [0.2, 0.25) is 0 Å². The molecule has 0 spiro atoms. The molecule has 11 heteroatoms. The van der Waals surface area contributed by atoms with Crippen LogP contribution in [0, 0.1) is 0 Å². The highest BCUT2D eigenvalue weighted by atomic mass is 32.2. The van der Waals surface area contributed by atoms with Crippen LogP contribution in [-0.4, -0.2) is 38.7 Å². The number of carbonyl (C=O) groups is 1. The Morgan fingerprint density at radius 2 is 1.67 bits per heavy atom. The van der Waals surface area contributed by atoms with E-state index >= 15 is 0 Å². The maximum Gasteiger partial charge on any atom is 0.263 e. The first kappa shape index (κ1) is 21.5. The average molecular weight is 449 g/mol. The molecule has 0 saturated carbocycles. The molecule has 1 heterocycles. The van der Waals surface area contributed by atoms with Gasteiger partial charge in [0, 0.05) is 5.69 Å². The fourth-order valence-electron chi connectivity index (χ4n) is 2.60. The Balaban J connectivity index is 1.77. The molecule has 0 fully saturated rings. The summed E-state index contributed by atoms with van der Waals surface area (Å²) in [4.78, 5) is 12.7. The number of rotatable bonds is 8. The van der Waals surface area contributed by atoms with Gasteiger partial charge in [0.05, 0.1) is 19.1 Å². The molecule has 0 aliphatic heterocycles. The summed E-state index contributed by atoms with van der Waals surface area (Å²) >= 11 is 1.18. The van der Waals surface area contributed by atoms with E-state index in [9.17, 15) is 13.2 Å². The van der Waals surface area contributed by atoms with Crippen LogP contribution in [0.15, 0.2) is 47.4 Å².